The first-order chi connectivity index (χ1) is 19.3. The average molecular weight is 678 g/mol. The molecule has 11 heteroatoms. The monoisotopic (exact) mass is 676 g/mol. The molecular weight excluding hydrogens is 660 g/mol. The van der Waals surface area contributed by atoms with Crippen molar-refractivity contribution < 1.29 is 14.6 Å². The van der Waals surface area contributed by atoms with E-state index in [1.54, 1.807) is 31.4 Å². The third-order valence-corrected chi connectivity index (χ3v) is 8.32. The Morgan fingerprint density at radius 2 is 1.75 bits per heavy atom. The van der Waals surface area contributed by atoms with Gasteiger partial charge in [-0.3, -0.25) is 4.79 Å². The number of carboxylic acid groups (broad SMARTS) is 1. The molecule has 40 heavy (non-hydrogen) atoms. The molecule has 0 unspecified atom stereocenters. The second kappa shape index (κ2) is 10.5. The molecular formula is C29H18Br2N4O4S. The van der Waals surface area contributed by atoms with Crippen LogP contribution in [-0.2, 0) is 0 Å². The Morgan fingerprint density at radius 3 is 2.50 bits per heavy atom. The number of fused-ring (bicyclic) bond motifs is 2. The number of aromatic nitrogens is 3. The molecule has 0 bridgehead atoms. The molecule has 0 fully saturated rings. The van der Waals surface area contributed by atoms with E-state index >= 15 is 0 Å². The van der Waals surface area contributed by atoms with Crippen molar-refractivity contribution in [1.82, 2.24) is 14.5 Å². The van der Waals surface area contributed by atoms with Crippen LogP contribution in [0.5, 0.6) is 5.75 Å². The normalized spacial score (nSPS) is 11.2. The molecule has 4 aromatic carbocycles. The van der Waals surface area contributed by atoms with Gasteiger partial charge in [0, 0.05) is 20.2 Å². The number of carboxylic acids is 1. The summed E-state index contributed by atoms with van der Waals surface area (Å²) in [6, 6.07) is 23.5. The molecule has 2 aromatic heterocycles. The number of anilines is 2. The summed E-state index contributed by atoms with van der Waals surface area (Å²) in [6.07, 6.45) is 0. The van der Waals surface area contributed by atoms with Gasteiger partial charge < -0.3 is 15.2 Å². The Morgan fingerprint density at radius 1 is 0.975 bits per heavy atom. The van der Waals surface area contributed by atoms with Crippen LogP contribution < -0.4 is 15.6 Å². The molecule has 6 rings (SSSR count). The Bertz CT molecular complexity index is 2010. The third kappa shape index (κ3) is 4.76. The number of carbonyl (C=O) groups is 1. The van der Waals surface area contributed by atoms with Crippen molar-refractivity contribution in [2.24, 2.45) is 0 Å². The molecule has 2 N–H and O–H groups in total. The van der Waals surface area contributed by atoms with Gasteiger partial charge in [0.2, 0.25) is 0 Å². The minimum absolute atomic E-state index is 0.0706. The Kier molecular flexibility index (Phi) is 6.87. The van der Waals surface area contributed by atoms with Gasteiger partial charge in [0.25, 0.3) is 5.56 Å². The number of benzene rings is 4. The number of methoxy groups -OCH3 is 1. The quantitative estimate of drug-likeness (QED) is 0.187. The zero-order valence-corrected chi connectivity index (χ0v) is 24.7. The van der Waals surface area contributed by atoms with Crippen LogP contribution in [0.4, 0.5) is 11.4 Å². The fourth-order valence-electron chi connectivity index (χ4n) is 4.35. The van der Waals surface area contributed by atoms with E-state index in [1.165, 1.54) is 22.0 Å². The summed E-state index contributed by atoms with van der Waals surface area (Å²) >= 11 is 8.14. The molecule has 6 aromatic rings. The summed E-state index contributed by atoms with van der Waals surface area (Å²) < 4.78 is 8.93. The third-order valence-electron chi connectivity index (χ3n) is 6.23. The summed E-state index contributed by atoms with van der Waals surface area (Å²) in [4.78, 5) is 35.7. The van der Waals surface area contributed by atoms with E-state index in [-0.39, 0.29) is 11.1 Å². The topological polar surface area (TPSA) is 106 Å². The molecule has 0 atom stereocenters. The smallest absolute Gasteiger partial charge is 0.337 e. The van der Waals surface area contributed by atoms with Crippen LogP contribution in [0.15, 0.2) is 92.6 Å². The molecule has 2 heterocycles. The van der Waals surface area contributed by atoms with Crippen molar-refractivity contribution in [2.45, 2.75) is 0 Å². The predicted octanol–water partition coefficient (Wildman–Crippen LogP) is 7.64. The standard InChI is InChI=1S/C29H18Br2N4O4S/c1-39-18-8-10-23-24(14-18)40-29(34-23)35-26(15-5-3-2-4-6-15)33-22-9-7-17(13-19(22)27(35)36)32-25-20(28(37)38)11-16(30)12-21(25)31/h2-14,32H,1H3,(H,37,38). The van der Waals surface area contributed by atoms with Crippen molar-refractivity contribution in [3.8, 4) is 22.3 Å². The summed E-state index contributed by atoms with van der Waals surface area (Å²) in [7, 11) is 1.60. The number of nitrogens with zero attached hydrogens (tertiary/aromatic N) is 3. The van der Waals surface area contributed by atoms with E-state index in [4.69, 9.17) is 14.7 Å². The molecule has 0 aliphatic carbocycles. The lowest BCUT2D eigenvalue weighted by atomic mass is 10.1. The fourth-order valence-corrected chi connectivity index (χ4v) is 6.67. The number of halogens is 2. The van der Waals surface area contributed by atoms with Crippen molar-refractivity contribution in [3.63, 3.8) is 0 Å². The second-order valence-corrected chi connectivity index (χ2v) is 11.5. The van der Waals surface area contributed by atoms with Crippen LogP contribution in [0.2, 0.25) is 0 Å². The largest absolute Gasteiger partial charge is 0.497 e. The second-order valence-electron chi connectivity index (χ2n) is 8.74. The molecule has 0 saturated heterocycles. The summed E-state index contributed by atoms with van der Waals surface area (Å²) in [5.41, 5.74) is 2.68. The lowest BCUT2D eigenvalue weighted by molar-refractivity contribution is 0.0698. The highest BCUT2D eigenvalue weighted by molar-refractivity contribution is 9.11. The first-order valence-corrected chi connectivity index (χ1v) is 14.3. The lowest BCUT2D eigenvalue weighted by Crippen LogP contribution is -2.22. The van der Waals surface area contributed by atoms with E-state index in [0.717, 1.165) is 15.8 Å². The average Bonchev–Trinajstić information content (AvgIpc) is 3.37. The summed E-state index contributed by atoms with van der Waals surface area (Å²) in [6.45, 7) is 0. The van der Waals surface area contributed by atoms with Crippen LogP contribution in [0, 0.1) is 0 Å². The number of nitrogens with one attached hydrogen (secondary N) is 1. The number of rotatable bonds is 6. The van der Waals surface area contributed by atoms with E-state index < -0.39 is 5.97 Å². The van der Waals surface area contributed by atoms with E-state index in [9.17, 15) is 14.7 Å². The minimum atomic E-state index is -1.09. The number of ether oxygens (including phenoxy) is 1. The number of thiazole rings is 1. The van der Waals surface area contributed by atoms with Gasteiger partial charge in [-0.1, -0.05) is 57.6 Å². The lowest BCUT2D eigenvalue weighted by Gasteiger charge is -2.14. The minimum Gasteiger partial charge on any atom is -0.497 e. The van der Waals surface area contributed by atoms with Gasteiger partial charge in [0.05, 0.1) is 39.5 Å². The van der Waals surface area contributed by atoms with Crippen LogP contribution >= 0.6 is 43.2 Å². The first kappa shape index (κ1) is 26.2. The van der Waals surface area contributed by atoms with Gasteiger partial charge in [-0.25, -0.2) is 19.3 Å². The maximum absolute atomic E-state index is 14.1. The van der Waals surface area contributed by atoms with Crippen LogP contribution in [0.3, 0.4) is 0 Å². The van der Waals surface area contributed by atoms with E-state index in [1.807, 2.05) is 48.5 Å². The maximum Gasteiger partial charge on any atom is 0.337 e. The molecule has 0 amide bonds. The molecule has 8 nitrogen and oxygen atoms in total. The highest BCUT2D eigenvalue weighted by atomic mass is 79.9. The fraction of sp³-hybridized carbons (Fsp3) is 0.0345. The van der Waals surface area contributed by atoms with Crippen LogP contribution in [-0.4, -0.2) is 32.7 Å². The number of aromatic carboxylic acids is 1. The molecule has 0 saturated carbocycles. The number of hydrogen-bond donors (Lipinski definition) is 2. The van der Waals surface area contributed by atoms with Gasteiger partial charge in [0.1, 0.15) is 11.6 Å². The number of hydrogen-bond acceptors (Lipinski definition) is 7. The summed E-state index contributed by atoms with van der Waals surface area (Å²) in [5.74, 6) is 0.0773. The van der Waals surface area contributed by atoms with Crippen molar-refractivity contribution in [1.29, 1.82) is 0 Å². The van der Waals surface area contributed by atoms with E-state index in [0.29, 0.717) is 47.9 Å². The van der Waals surface area contributed by atoms with Gasteiger partial charge in [0.15, 0.2) is 5.13 Å². The maximum atomic E-state index is 14.1. The Hall–Kier alpha value is -4.06. The SMILES string of the molecule is COc1ccc2nc(-n3c(-c4ccccc4)nc4ccc(Nc5c(Br)cc(Br)cc5C(=O)O)cc4c3=O)sc2c1. The molecule has 198 valence electrons. The zero-order chi connectivity index (χ0) is 28.0. The first-order valence-electron chi connectivity index (χ1n) is 11.9. The van der Waals surface area contributed by atoms with Crippen molar-refractivity contribution in [3.05, 3.63) is 104 Å². The Labute approximate surface area is 248 Å². The molecule has 0 spiro atoms. The highest BCUT2D eigenvalue weighted by Gasteiger charge is 2.20. The zero-order valence-electron chi connectivity index (χ0n) is 20.7. The van der Waals surface area contributed by atoms with Crippen molar-refractivity contribution in [2.75, 3.05) is 12.4 Å². The van der Waals surface area contributed by atoms with Crippen molar-refractivity contribution >= 4 is 81.7 Å². The van der Waals surface area contributed by atoms with Gasteiger partial charge in [-0.2, -0.15) is 0 Å². The summed E-state index contributed by atoms with van der Waals surface area (Å²) in [5, 5.41) is 13.7. The predicted molar refractivity (Wildman–Crippen MR) is 165 cm³/mol. The van der Waals surface area contributed by atoms with Crippen LogP contribution in [0.25, 0.3) is 37.6 Å². The van der Waals surface area contributed by atoms with E-state index in [2.05, 4.69) is 37.2 Å². The van der Waals surface area contributed by atoms with Crippen LogP contribution in [0.1, 0.15) is 10.4 Å². The van der Waals surface area contributed by atoms with Gasteiger partial charge in [-0.05, 0) is 64.5 Å². The van der Waals surface area contributed by atoms with Gasteiger partial charge >= 0.3 is 5.97 Å². The van der Waals surface area contributed by atoms with Gasteiger partial charge in [-0.15, -0.1) is 0 Å². The molecule has 0 aliphatic rings. The molecule has 0 radical (unpaired) electrons. The highest BCUT2D eigenvalue weighted by Crippen LogP contribution is 2.35. The Balaban J connectivity index is 1.56. The molecule has 0 aliphatic heterocycles.